The average Bonchev–Trinajstić information content (AvgIpc) is 3.20. The van der Waals surface area contributed by atoms with Crippen molar-refractivity contribution in [2.45, 2.75) is 37.3 Å². The molecule has 1 saturated carbocycles. The van der Waals surface area contributed by atoms with Gasteiger partial charge in [0.2, 0.25) is 5.88 Å². The molecule has 184 valence electrons. The van der Waals surface area contributed by atoms with Crippen LogP contribution >= 0.6 is 22.9 Å². The minimum Gasteiger partial charge on any atom is -0.493 e. The molecule has 0 unspecified atom stereocenters. The third kappa shape index (κ3) is 4.10. The molecule has 4 heterocycles. The van der Waals surface area contributed by atoms with Crippen LogP contribution in [0.25, 0.3) is 5.69 Å². The number of nitrogens with one attached hydrogen (secondary N) is 1. The van der Waals surface area contributed by atoms with E-state index in [-0.39, 0.29) is 22.9 Å². The van der Waals surface area contributed by atoms with Gasteiger partial charge in [-0.1, -0.05) is 23.7 Å². The quantitative estimate of drug-likeness (QED) is 0.527. The normalized spacial score (nSPS) is 21.1. The molecule has 2 aromatic heterocycles. The van der Waals surface area contributed by atoms with E-state index in [0.29, 0.717) is 33.6 Å². The van der Waals surface area contributed by atoms with Crippen molar-refractivity contribution < 1.29 is 14.6 Å². The number of rotatable bonds is 6. The highest BCUT2D eigenvalue weighted by atomic mass is 35.5. The van der Waals surface area contributed by atoms with Crippen molar-refractivity contribution >= 4 is 28.8 Å². The van der Waals surface area contributed by atoms with Crippen molar-refractivity contribution in [1.29, 1.82) is 0 Å². The number of nitrogens with zero attached hydrogens (tertiary/aromatic N) is 3. The lowest BCUT2D eigenvalue weighted by Gasteiger charge is -2.30. The summed E-state index contributed by atoms with van der Waals surface area (Å²) in [6, 6.07) is 10.9. The van der Waals surface area contributed by atoms with E-state index in [2.05, 4.69) is 22.3 Å². The Hall–Kier alpha value is -2.59. The van der Waals surface area contributed by atoms with Crippen LogP contribution in [0.5, 0.6) is 5.88 Å². The van der Waals surface area contributed by atoms with Crippen molar-refractivity contribution in [2.75, 3.05) is 32.8 Å². The summed E-state index contributed by atoms with van der Waals surface area (Å²) >= 11 is 7.15. The van der Waals surface area contributed by atoms with E-state index in [1.807, 2.05) is 12.1 Å². The first-order valence-electron chi connectivity index (χ1n) is 12.0. The molecule has 2 N–H and O–H groups in total. The van der Waals surface area contributed by atoms with Crippen LogP contribution in [0.1, 0.15) is 46.2 Å². The van der Waals surface area contributed by atoms with Crippen molar-refractivity contribution in [2.24, 2.45) is 0 Å². The molecule has 6 rings (SSSR count). The van der Waals surface area contributed by atoms with Gasteiger partial charge in [0.25, 0.3) is 5.91 Å². The predicted molar refractivity (Wildman–Crippen MR) is 134 cm³/mol. The van der Waals surface area contributed by atoms with Crippen LogP contribution in [-0.4, -0.2) is 57.9 Å². The second-order valence-corrected chi connectivity index (χ2v) is 11.3. The Morgan fingerprint density at radius 2 is 1.89 bits per heavy atom. The first-order chi connectivity index (χ1) is 16.9. The first-order valence-corrected chi connectivity index (χ1v) is 13.2. The molecule has 2 aliphatic heterocycles. The molecule has 0 bridgehead atoms. The van der Waals surface area contributed by atoms with Gasteiger partial charge in [-0.2, -0.15) is 0 Å². The summed E-state index contributed by atoms with van der Waals surface area (Å²) in [6.45, 7) is 4.98. The van der Waals surface area contributed by atoms with Crippen LogP contribution in [0.15, 0.2) is 41.2 Å². The van der Waals surface area contributed by atoms with E-state index in [1.165, 1.54) is 21.5 Å². The first kappa shape index (κ1) is 22.8. The molecular formula is C25H27ClN4O4S. The van der Waals surface area contributed by atoms with Gasteiger partial charge in [-0.3, -0.25) is 14.3 Å². The molecule has 35 heavy (non-hydrogen) atoms. The lowest BCUT2D eigenvalue weighted by molar-refractivity contribution is 0.0336. The number of aromatic nitrogens is 2. The highest BCUT2D eigenvalue weighted by molar-refractivity contribution is 7.18. The molecule has 1 aromatic carbocycles. The highest BCUT2D eigenvalue weighted by Gasteiger charge is 2.45. The van der Waals surface area contributed by atoms with Gasteiger partial charge in [0.05, 0.1) is 34.2 Å². The zero-order valence-electron chi connectivity index (χ0n) is 19.2. The Balaban J connectivity index is 1.23. The number of fused-ring (bicyclic) bond motifs is 1. The van der Waals surface area contributed by atoms with E-state index in [9.17, 15) is 14.7 Å². The number of morpholine rings is 1. The minimum absolute atomic E-state index is 0.121. The molecule has 1 atom stereocenters. The number of benzene rings is 1. The summed E-state index contributed by atoms with van der Waals surface area (Å²) in [7, 11) is 0. The van der Waals surface area contributed by atoms with E-state index in [4.69, 9.17) is 16.3 Å². The molecule has 3 aromatic rings. The smallest absolute Gasteiger partial charge is 0.335 e. The second kappa shape index (κ2) is 8.81. The number of halogens is 1. The zero-order chi connectivity index (χ0) is 24.2. The van der Waals surface area contributed by atoms with Crippen molar-refractivity contribution in [3.63, 3.8) is 0 Å². The van der Waals surface area contributed by atoms with Gasteiger partial charge in [0.1, 0.15) is 5.69 Å². The Kier molecular flexibility index (Phi) is 5.75. The molecule has 0 radical (unpaired) electrons. The fraction of sp³-hybridized carbons (Fsp3) is 0.440. The number of ether oxygens (including phenoxy) is 1. The number of aromatic hydroxyl groups is 1. The second-order valence-electron chi connectivity index (χ2n) is 9.61. The van der Waals surface area contributed by atoms with Gasteiger partial charge in [-0.15, -0.1) is 11.3 Å². The van der Waals surface area contributed by atoms with Gasteiger partial charge < -0.3 is 15.2 Å². The largest absolute Gasteiger partial charge is 0.493 e. The van der Waals surface area contributed by atoms with Crippen molar-refractivity contribution in [3.05, 3.63) is 67.4 Å². The van der Waals surface area contributed by atoms with Crippen LogP contribution in [0.3, 0.4) is 0 Å². The summed E-state index contributed by atoms with van der Waals surface area (Å²) in [6.07, 6.45) is 2.87. The third-order valence-electron chi connectivity index (χ3n) is 7.45. The van der Waals surface area contributed by atoms with Crippen LogP contribution in [-0.2, 0) is 16.7 Å². The Morgan fingerprint density at radius 3 is 2.54 bits per heavy atom. The fourth-order valence-corrected chi connectivity index (χ4v) is 6.33. The average molecular weight is 515 g/mol. The van der Waals surface area contributed by atoms with E-state index >= 15 is 0 Å². The lowest BCUT2D eigenvalue weighted by Crippen LogP contribution is -2.41. The maximum atomic E-state index is 13.2. The number of carbonyl (C=O) groups is 1. The van der Waals surface area contributed by atoms with Gasteiger partial charge in [0.15, 0.2) is 0 Å². The standard InChI is InChI=1S/C25H27ClN4O4S/c26-20-6-5-19(35-20)22(31)27-18-7-10-29-21(18)23(32)30(24(29)33)17-3-1-16(2-4-17)25(8-9-25)15-28-11-13-34-14-12-28/h1-6,18,32H,7-15H2,(H,27,31)/t18-/m1/s1. The monoisotopic (exact) mass is 514 g/mol. The number of imidazole rings is 1. The molecule has 1 aliphatic carbocycles. The lowest BCUT2D eigenvalue weighted by atomic mass is 9.95. The zero-order valence-corrected chi connectivity index (χ0v) is 20.8. The fourth-order valence-electron chi connectivity index (χ4n) is 5.38. The van der Waals surface area contributed by atoms with Crippen LogP contribution < -0.4 is 11.0 Å². The predicted octanol–water partition coefficient (Wildman–Crippen LogP) is 3.30. The molecule has 1 amide bonds. The summed E-state index contributed by atoms with van der Waals surface area (Å²) in [5, 5.41) is 14.0. The topological polar surface area (TPSA) is 88.7 Å². The Morgan fingerprint density at radius 1 is 1.14 bits per heavy atom. The maximum absolute atomic E-state index is 13.2. The van der Waals surface area contributed by atoms with Gasteiger partial charge in [-0.05, 0) is 49.1 Å². The molecule has 3 aliphatic rings. The molecule has 8 nitrogen and oxygen atoms in total. The van der Waals surface area contributed by atoms with Gasteiger partial charge in [-0.25, -0.2) is 9.36 Å². The summed E-state index contributed by atoms with van der Waals surface area (Å²) < 4.78 is 8.90. The summed E-state index contributed by atoms with van der Waals surface area (Å²) in [5.74, 6) is -0.386. The van der Waals surface area contributed by atoms with Crippen LogP contribution in [0.4, 0.5) is 0 Å². The molecule has 10 heteroatoms. The summed E-state index contributed by atoms with van der Waals surface area (Å²) in [5.41, 5.74) is 2.21. The van der Waals surface area contributed by atoms with Crippen LogP contribution in [0.2, 0.25) is 4.34 Å². The molecule has 0 spiro atoms. The van der Waals surface area contributed by atoms with Gasteiger partial charge >= 0.3 is 5.69 Å². The van der Waals surface area contributed by atoms with Gasteiger partial charge in [0, 0.05) is 31.6 Å². The van der Waals surface area contributed by atoms with Crippen molar-refractivity contribution in [3.8, 4) is 11.6 Å². The maximum Gasteiger partial charge on any atom is 0.335 e. The third-order valence-corrected chi connectivity index (χ3v) is 8.68. The highest BCUT2D eigenvalue weighted by Crippen LogP contribution is 2.49. The van der Waals surface area contributed by atoms with Crippen molar-refractivity contribution in [1.82, 2.24) is 19.4 Å². The number of thiophene rings is 1. The van der Waals surface area contributed by atoms with E-state index < -0.39 is 6.04 Å². The SMILES string of the molecule is O=C(N[C@@H]1CCn2c1c(O)n(-c1ccc(C3(CN4CCOCC4)CC3)cc1)c2=O)c1ccc(Cl)s1. The minimum atomic E-state index is -0.445. The Labute approximate surface area is 211 Å². The number of hydrogen-bond donors (Lipinski definition) is 2. The Bertz CT molecular complexity index is 1320. The van der Waals surface area contributed by atoms with Crippen LogP contribution in [0, 0.1) is 0 Å². The number of amides is 1. The molecule has 2 fully saturated rings. The number of carbonyl (C=O) groups excluding carboxylic acids is 1. The number of hydrogen-bond acceptors (Lipinski definition) is 6. The van der Waals surface area contributed by atoms with E-state index in [1.54, 1.807) is 16.7 Å². The van der Waals surface area contributed by atoms with E-state index in [0.717, 1.165) is 45.7 Å². The summed E-state index contributed by atoms with van der Waals surface area (Å²) in [4.78, 5) is 28.8. The molecule has 1 saturated heterocycles. The molecular weight excluding hydrogens is 488 g/mol.